The van der Waals surface area contributed by atoms with Crippen LogP contribution >= 0.6 is 0 Å². The van der Waals surface area contributed by atoms with E-state index in [4.69, 9.17) is 23.7 Å². The summed E-state index contributed by atoms with van der Waals surface area (Å²) in [6.45, 7) is -1.01. The maximum absolute atomic E-state index is 15.4. The second kappa shape index (κ2) is 7.05. The van der Waals surface area contributed by atoms with Gasteiger partial charge in [0.1, 0.15) is 5.75 Å². The third-order valence-electron chi connectivity index (χ3n) is 4.23. The minimum absolute atomic E-state index is 0.170. The molecule has 0 amide bonds. The van der Waals surface area contributed by atoms with Crippen molar-refractivity contribution in [1.29, 1.82) is 0 Å². The van der Waals surface area contributed by atoms with Gasteiger partial charge in [0, 0.05) is 12.3 Å². The van der Waals surface area contributed by atoms with Gasteiger partial charge in [0.2, 0.25) is 6.10 Å². The molecule has 1 N–H and O–H groups in total. The summed E-state index contributed by atoms with van der Waals surface area (Å²) >= 11 is 0. The number of alkyl halides is 1. The van der Waals surface area contributed by atoms with E-state index in [-0.39, 0.29) is 5.75 Å². The summed E-state index contributed by atoms with van der Waals surface area (Å²) in [4.78, 5) is 48.5. The van der Waals surface area contributed by atoms with Crippen molar-refractivity contribution in [2.75, 3.05) is 6.61 Å². The number of aromatic amines is 1. The lowest BCUT2D eigenvalue weighted by molar-refractivity contribution is -0.212. The van der Waals surface area contributed by atoms with Crippen molar-refractivity contribution in [2.24, 2.45) is 0 Å². The van der Waals surface area contributed by atoms with Gasteiger partial charge in [0.25, 0.3) is 11.4 Å². The summed E-state index contributed by atoms with van der Waals surface area (Å²) in [5, 5.41) is 0. The van der Waals surface area contributed by atoms with Gasteiger partial charge in [-0.1, -0.05) is 18.2 Å². The monoisotopic (exact) mass is 408 g/mol. The van der Waals surface area contributed by atoms with Crippen LogP contribution in [0.15, 0.2) is 52.2 Å². The number of para-hydroxylation sites is 1. The number of hydrogen-bond acceptors (Lipinski definition) is 9. The summed E-state index contributed by atoms with van der Waals surface area (Å²) in [7, 11) is 0. The number of hydrogen-bond donors (Lipinski definition) is 1. The fourth-order valence-corrected chi connectivity index (χ4v) is 2.98. The normalized spacial score (nSPS) is 27.6. The number of nitrogens with one attached hydrogen (secondary N) is 1. The van der Waals surface area contributed by atoms with E-state index in [1.807, 2.05) is 4.98 Å². The third kappa shape index (κ3) is 3.57. The third-order valence-corrected chi connectivity index (χ3v) is 4.23. The van der Waals surface area contributed by atoms with E-state index < -0.39 is 54.5 Å². The molecule has 3 heterocycles. The predicted octanol–water partition coefficient (Wildman–Crippen LogP) is 0.851. The van der Waals surface area contributed by atoms with Crippen molar-refractivity contribution in [3.8, 4) is 5.75 Å². The predicted molar refractivity (Wildman–Crippen MR) is 88.8 cm³/mol. The number of aromatic nitrogens is 2. The van der Waals surface area contributed by atoms with Crippen molar-refractivity contribution < 1.29 is 37.7 Å². The number of fused-ring (bicyclic) bond motifs is 1. The van der Waals surface area contributed by atoms with E-state index in [0.717, 1.165) is 16.8 Å². The fraction of sp³-hybridized carbons (Fsp3) is 0.294. The topological polar surface area (TPSA) is 135 Å². The highest BCUT2D eigenvalue weighted by molar-refractivity contribution is 5.64. The molecule has 0 unspecified atom stereocenters. The Kier molecular flexibility index (Phi) is 4.54. The lowest BCUT2D eigenvalue weighted by Gasteiger charge is -2.23. The molecule has 0 bridgehead atoms. The van der Waals surface area contributed by atoms with Crippen LogP contribution in [0.1, 0.15) is 6.23 Å². The Morgan fingerprint density at radius 2 is 1.93 bits per heavy atom. The second-order valence-corrected chi connectivity index (χ2v) is 6.14. The Morgan fingerprint density at radius 1 is 1.17 bits per heavy atom. The first kappa shape index (κ1) is 18.7. The van der Waals surface area contributed by atoms with E-state index in [1.165, 1.54) is 12.1 Å². The maximum atomic E-state index is 15.4. The number of carbonyl (C=O) groups excluding carboxylic acids is 2. The first-order valence-electron chi connectivity index (χ1n) is 8.31. The van der Waals surface area contributed by atoms with E-state index in [0.29, 0.717) is 0 Å². The minimum atomic E-state index is -2.83. The molecule has 4 rings (SSSR count). The van der Waals surface area contributed by atoms with Crippen molar-refractivity contribution in [3.63, 3.8) is 0 Å². The van der Waals surface area contributed by atoms with Crippen LogP contribution < -0.4 is 16.0 Å². The molecule has 2 aromatic rings. The molecule has 4 atom stereocenters. The molecule has 0 saturated carbocycles. The molecule has 0 aliphatic carbocycles. The molecule has 11 nitrogen and oxygen atoms in total. The molecular formula is C17H13FN2O9. The van der Waals surface area contributed by atoms with Crippen LogP contribution in [0.25, 0.3) is 0 Å². The summed E-state index contributed by atoms with van der Waals surface area (Å²) in [6.07, 6.45) is -5.80. The number of benzene rings is 1. The van der Waals surface area contributed by atoms with Gasteiger partial charge in [-0.3, -0.25) is 14.3 Å². The SMILES string of the molecule is O=C(OC[C@@]1(F)O[C@@H](n2ccc(=O)[nH]c2=O)[C@@H]2OC(=O)O[C@@H]21)Oc1ccccc1. The van der Waals surface area contributed by atoms with E-state index in [2.05, 4.69) is 0 Å². The van der Waals surface area contributed by atoms with Crippen molar-refractivity contribution in [1.82, 2.24) is 9.55 Å². The lowest BCUT2D eigenvalue weighted by Crippen LogP contribution is -2.43. The van der Waals surface area contributed by atoms with E-state index in [9.17, 15) is 19.2 Å². The van der Waals surface area contributed by atoms with Gasteiger partial charge in [0.15, 0.2) is 18.9 Å². The van der Waals surface area contributed by atoms with Gasteiger partial charge in [-0.25, -0.2) is 18.8 Å². The van der Waals surface area contributed by atoms with Crippen molar-refractivity contribution >= 4 is 12.3 Å². The van der Waals surface area contributed by atoms with E-state index >= 15 is 4.39 Å². The maximum Gasteiger partial charge on any atom is 0.514 e. The highest BCUT2D eigenvalue weighted by Crippen LogP contribution is 2.44. The summed E-state index contributed by atoms with van der Waals surface area (Å²) in [6, 6.07) is 8.91. The van der Waals surface area contributed by atoms with Gasteiger partial charge in [-0.2, -0.15) is 0 Å². The van der Waals surface area contributed by atoms with Gasteiger partial charge >= 0.3 is 18.0 Å². The zero-order valence-electron chi connectivity index (χ0n) is 14.5. The zero-order valence-corrected chi connectivity index (χ0v) is 14.5. The number of rotatable bonds is 4. The molecule has 29 heavy (non-hydrogen) atoms. The summed E-state index contributed by atoms with van der Waals surface area (Å²) in [5.74, 6) is -2.66. The van der Waals surface area contributed by atoms with E-state index in [1.54, 1.807) is 18.2 Å². The van der Waals surface area contributed by atoms with Gasteiger partial charge in [0.05, 0.1) is 0 Å². The number of carbonyl (C=O) groups is 2. The fourth-order valence-electron chi connectivity index (χ4n) is 2.98. The van der Waals surface area contributed by atoms with Crippen LogP contribution in [0, 0.1) is 0 Å². The Labute approximate surface area is 160 Å². The lowest BCUT2D eigenvalue weighted by atomic mass is 10.1. The molecule has 1 aromatic heterocycles. The zero-order chi connectivity index (χ0) is 20.6. The molecule has 0 spiro atoms. The number of nitrogens with zero attached hydrogens (tertiary/aromatic N) is 1. The van der Waals surface area contributed by atoms with Crippen molar-refractivity contribution in [2.45, 2.75) is 24.3 Å². The number of ether oxygens (including phenoxy) is 5. The largest absolute Gasteiger partial charge is 0.514 e. The van der Waals surface area contributed by atoms with Crippen LogP contribution in [0.2, 0.25) is 0 Å². The molecule has 0 radical (unpaired) electrons. The molecule has 2 aliphatic heterocycles. The highest BCUT2D eigenvalue weighted by atomic mass is 19.2. The highest BCUT2D eigenvalue weighted by Gasteiger charge is 2.65. The second-order valence-electron chi connectivity index (χ2n) is 6.14. The Hall–Kier alpha value is -3.67. The smallest absolute Gasteiger partial charge is 0.428 e. The molecule has 12 heteroatoms. The molecule has 2 aliphatic rings. The Bertz CT molecular complexity index is 1050. The first-order valence-corrected chi connectivity index (χ1v) is 8.31. The quantitative estimate of drug-likeness (QED) is 0.577. The molecular weight excluding hydrogens is 395 g/mol. The Balaban J connectivity index is 1.51. The average molecular weight is 408 g/mol. The van der Waals surface area contributed by atoms with Crippen LogP contribution in [0.4, 0.5) is 14.0 Å². The van der Waals surface area contributed by atoms with Gasteiger partial charge in [-0.05, 0) is 12.1 Å². The van der Waals surface area contributed by atoms with Crippen molar-refractivity contribution in [3.05, 3.63) is 63.4 Å². The van der Waals surface area contributed by atoms with Crippen LogP contribution in [0.3, 0.4) is 0 Å². The summed E-state index contributed by atoms with van der Waals surface area (Å²) < 4.78 is 40.7. The first-order chi connectivity index (χ1) is 13.9. The standard InChI is InChI=1S/C17H13FN2O9/c18-17(8-25-15(23)26-9-4-2-1-3-5-9)12-11(27-16(24)28-12)13(29-17)20-7-6-10(21)19-14(20)22/h1-7,11-13H,8H2,(H,19,21,22)/t11-,12+,13-,17-/m1/s1. The Morgan fingerprint density at radius 3 is 2.66 bits per heavy atom. The molecule has 2 saturated heterocycles. The van der Waals surface area contributed by atoms with Crippen LogP contribution in [-0.4, -0.2) is 46.5 Å². The van der Waals surface area contributed by atoms with Crippen LogP contribution in [0.5, 0.6) is 5.75 Å². The number of halogens is 1. The minimum Gasteiger partial charge on any atom is -0.428 e. The molecule has 1 aromatic carbocycles. The molecule has 2 fully saturated rings. The van der Waals surface area contributed by atoms with Crippen LogP contribution in [-0.2, 0) is 18.9 Å². The molecule has 152 valence electrons. The average Bonchev–Trinajstić information content (AvgIpc) is 3.19. The summed E-state index contributed by atoms with van der Waals surface area (Å²) in [5.41, 5.74) is -1.60. The number of H-pyrrole nitrogens is 1. The van der Waals surface area contributed by atoms with Gasteiger partial charge < -0.3 is 23.7 Å². The van der Waals surface area contributed by atoms with Gasteiger partial charge in [-0.15, -0.1) is 0 Å².